The van der Waals surface area contributed by atoms with Gasteiger partial charge in [-0.15, -0.1) is 0 Å². The average molecular weight is 278 g/mol. The number of hydrogen-bond donors (Lipinski definition) is 2. The summed E-state index contributed by atoms with van der Waals surface area (Å²) in [5.41, 5.74) is 5.14. The highest BCUT2D eigenvalue weighted by Gasteiger charge is 2.31. The lowest BCUT2D eigenvalue weighted by Crippen LogP contribution is -2.45. The fraction of sp³-hybridized carbons (Fsp3) is 0.467. The van der Waals surface area contributed by atoms with E-state index in [4.69, 9.17) is 10.5 Å². The molecule has 5 heteroatoms. The van der Waals surface area contributed by atoms with Crippen molar-refractivity contribution in [2.24, 2.45) is 5.73 Å². The van der Waals surface area contributed by atoms with Crippen LogP contribution < -0.4 is 11.1 Å². The van der Waals surface area contributed by atoms with Crippen LogP contribution in [0.3, 0.4) is 0 Å². The quantitative estimate of drug-likeness (QED) is 0.738. The van der Waals surface area contributed by atoms with E-state index >= 15 is 0 Å². The van der Waals surface area contributed by atoms with Crippen LogP contribution in [0.4, 0.5) is 0 Å². The maximum Gasteiger partial charge on any atom is 0.306 e. The molecule has 0 heterocycles. The molecule has 0 unspecified atom stereocenters. The lowest BCUT2D eigenvalue weighted by atomic mass is 10.1. The average Bonchev–Trinajstić information content (AvgIpc) is 2.43. The van der Waals surface area contributed by atoms with Crippen molar-refractivity contribution in [1.29, 1.82) is 0 Å². The summed E-state index contributed by atoms with van der Waals surface area (Å²) in [4.78, 5) is 23.6. The first-order chi connectivity index (χ1) is 9.45. The molecule has 0 spiro atoms. The van der Waals surface area contributed by atoms with Crippen LogP contribution in [0.5, 0.6) is 0 Å². The van der Waals surface area contributed by atoms with Crippen LogP contribution in [-0.4, -0.2) is 24.0 Å². The second kappa shape index (κ2) is 7.65. The fourth-order valence-corrected chi connectivity index (χ4v) is 1.62. The van der Waals surface area contributed by atoms with Gasteiger partial charge >= 0.3 is 5.97 Å². The molecule has 0 aliphatic carbocycles. The van der Waals surface area contributed by atoms with E-state index in [9.17, 15) is 9.59 Å². The molecule has 20 heavy (non-hydrogen) atoms. The molecule has 1 amide bonds. The number of carbonyl (C=O) groups is 2. The zero-order chi connectivity index (χ0) is 15.0. The Labute approximate surface area is 119 Å². The summed E-state index contributed by atoms with van der Waals surface area (Å²) >= 11 is 0. The van der Waals surface area contributed by atoms with Crippen LogP contribution in [0, 0.1) is 0 Å². The van der Waals surface area contributed by atoms with Crippen molar-refractivity contribution < 1.29 is 14.3 Å². The summed E-state index contributed by atoms with van der Waals surface area (Å²) in [7, 11) is 0. The number of ether oxygens (including phenoxy) is 1. The largest absolute Gasteiger partial charge is 0.450 e. The van der Waals surface area contributed by atoms with Crippen LogP contribution in [0.1, 0.15) is 32.3 Å². The standard InChI is InChI=1S/C15H22N2O3/c1-15(2,20-13(18)9-6-10-16)14(19)17-11-12-7-4-3-5-8-12/h3-5,7-8H,6,9-11,16H2,1-2H3,(H,17,19). The smallest absolute Gasteiger partial charge is 0.306 e. The van der Waals surface area contributed by atoms with Crippen molar-refractivity contribution in [3.63, 3.8) is 0 Å². The minimum absolute atomic E-state index is 0.228. The molecule has 0 aromatic heterocycles. The molecular formula is C15H22N2O3. The number of rotatable bonds is 7. The van der Waals surface area contributed by atoms with Gasteiger partial charge in [-0.05, 0) is 32.4 Å². The molecule has 110 valence electrons. The number of nitrogens with two attached hydrogens (primary N) is 1. The van der Waals surface area contributed by atoms with Gasteiger partial charge in [0.1, 0.15) is 0 Å². The zero-order valence-electron chi connectivity index (χ0n) is 12.0. The van der Waals surface area contributed by atoms with Crippen molar-refractivity contribution in [2.45, 2.75) is 38.8 Å². The molecule has 5 nitrogen and oxygen atoms in total. The van der Waals surface area contributed by atoms with Gasteiger partial charge in [0.15, 0.2) is 5.60 Å². The summed E-state index contributed by atoms with van der Waals surface area (Å²) in [6, 6.07) is 9.55. The normalized spacial score (nSPS) is 10.9. The van der Waals surface area contributed by atoms with E-state index in [1.165, 1.54) is 0 Å². The van der Waals surface area contributed by atoms with Crippen LogP contribution in [-0.2, 0) is 20.9 Å². The van der Waals surface area contributed by atoms with Crippen LogP contribution in [0.15, 0.2) is 30.3 Å². The van der Waals surface area contributed by atoms with Gasteiger partial charge in [0.25, 0.3) is 5.91 Å². The van der Waals surface area contributed by atoms with Crippen molar-refractivity contribution >= 4 is 11.9 Å². The number of carbonyl (C=O) groups excluding carboxylic acids is 2. The minimum atomic E-state index is -1.18. The Bertz CT molecular complexity index is 444. The summed E-state index contributed by atoms with van der Waals surface area (Å²) < 4.78 is 5.18. The molecule has 0 saturated heterocycles. The van der Waals surface area contributed by atoms with E-state index in [-0.39, 0.29) is 12.3 Å². The van der Waals surface area contributed by atoms with Crippen LogP contribution >= 0.6 is 0 Å². The second-order valence-corrected chi connectivity index (χ2v) is 5.04. The minimum Gasteiger partial charge on any atom is -0.450 e. The van der Waals surface area contributed by atoms with E-state index in [0.717, 1.165) is 5.56 Å². The Morgan fingerprint density at radius 3 is 2.50 bits per heavy atom. The number of benzene rings is 1. The zero-order valence-corrected chi connectivity index (χ0v) is 12.0. The molecular weight excluding hydrogens is 256 g/mol. The molecule has 1 rings (SSSR count). The van der Waals surface area contributed by atoms with Gasteiger partial charge in [0, 0.05) is 13.0 Å². The van der Waals surface area contributed by atoms with Crippen molar-refractivity contribution in [3.8, 4) is 0 Å². The lowest BCUT2D eigenvalue weighted by Gasteiger charge is -2.24. The third-order valence-corrected chi connectivity index (χ3v) is 2.80. The predicted octanol–water partition coefficient (Wildman–Crippen LogP) is 1.36. The molecule has 3 N–H and O–H groups in total. The monoisotopic (exact) mass is 278 g/mol. The first-order valence-corrected chi connectivity index (χ1v) is 6.70. The fourth-order valence-electron chi connectivity index (χ4n) is 1.62. The van der Waals surface area contributed by atoms with Gasteiger partial charge < -0.3 is 15.8 Å². The third-order valence-electron chi connectivity index (χ3n) is 2.80. The molecule has 0 fully saturated rings. The van der Waals surface area contributed by atoms with Gasteiger partial charge in [0.05, 0.1) is 0 Å². The van der Waals surface area contributed by atoms with Gasteiger partial charge in [-0.2, -0.15) is 0 Å². The third kappa shape index (κ3) is 5.40. The summed E-state index contributed by atoms with van der Waals surface area (Å²) in [6.07, 6.45) is 0.784. The first kappa shape index (κ1) is 16.2. The molecule has 1 aromatic rings. The highest BCUT2D eigenvalue weighted by molar-refractivity contribution is 5.87. The number of amides is 1. The maximum atomic E-state index is 12.0. The molecule has 0 saturated carbocycles. The second-order valence-electron chi connectivity index (χ2n) is 5.04. The number of hydrogen-bond acceptors (Lipinski definition) is 4. The van der Waals surface area contributed by atoms with Crippen molar-refractivity contribution in [1.82, 2.24) is 5.32 Å². The molecule has 0 aliphatic heterocycles. The van der Waals surface area contributed by atoms with E-state index in [1.54, 1.807) is 13.8 Å². The van der Waals surface area contributed by atoms with Gasteiger partial charge in [-0.3, -0.25) is 9.59 Å². The number of esters is 1. The Hall–Kier alpha value is -1.88. The predicted molar refractivity (Wildman–Crippen MR) is 76.7 cm³/mol. The molecule has 0 radical (unpaired) electrons. The highest BCUT2D eigenvalue weighted by Crippen LogP contribution is 2.12. The summed E-state index contributed by atoms with van der Waals surface area (Å²) in [6.45, 7) is 3.99. The Kier molecular flexibility index (Phi) is 6.18. The van der Waals surface area contributed by atoms with Crippen molar-refractivity contribution in [3.05, 3.63) is 35.9 Å². The summed E-state index contributed by atoms with van der Waals surface area (Å²) in [5, 5.41) is 2.76. The van der Waals surface area contributed by atoms with E-state index in [1.807, 2.05) is 30.3 Å². The molecule has 0 bridgehead atoms. The summed E-state index contributed by atoms with van der Waals surface area (Å²) in [5.74, 6) is -0.724. The van der Waals surface area contributed by atoms with Gasteiger partial charge in [-0.1, -0.05) is 30.3 Å². The number of nitrogens with one attached hydrogen (secondary N) is 1. The van der Waals surface area contributed by atoms with Gasteiger partial charge in [-0.25, -0.2) is 0 Å². The topological polar surface area (TPSA) is 81.4 Å². The Morgan fingerprint density at radius 2 is 1.90 bits per heavy atom. The van der Waals surface area contributed by atoms with E-state index in [0.29, 0.717) is 19.5 Å². The lowest BCUT2D eigenvalue weighted by molar-refractivity contribution is -0.165. The van der Waals surface area contributed by atoms with Gasteiger partial charge in [0.2, 0.25) is 0 Å². The van der Waals surface area contributed by atoms with E-state index < -0.39 is 11.6 Å². The van der Waals surface area contributed by atoms with Crippen LogP contribution in [0.25, 0.3) is 0 Å². The van der Waals surface area contributed by atoms with E-state index in [2.05, 4.69) is 5.32 Å². The van der Waals surface area contributed by atoms with Crippen LogP contribution in [0.2, 0.25) is 0 Å². The van der Waals surface area contributed by atoms with Crippen molar-refractivity contribution in [2.75, 3.05) is 6.54 Å². The molecule has 0 aliphatic rings. The maximum absolute atomic E-state index is 12.0. The Morgan fingerprint density at radius 1 is 1.25 bits per heavy atom. The molecule has 0 atom stereocenters. The SMILES string of the molecule is CC(C)(OC(=O)CCCN)C(=O)NCc1ccccc1. The highest BCUT2D eigenvalue weighted by atomic mass is 16.6. The first-order valence-electron chi connectivity index (χ1n) is 6.70. The Balaban J connectivity index is 2.46. The molecule has 1 aromatic carbocycles.